The smallest absolute Gasteiger partial charge is 0.262 e. The summed E-state index contributed by atoms with van der Waals surface area (Å²) in [7, 11) is -3.81. The lowest BCUT2D eigenvalue weighted by molar-refractivity contribution is -0.117. The van der Waals surface area contributed by atoms with Gasteiger partial charge in [-0.25, -0.2) is 8.42 Å². The predicted octanol–water partition coefficient (Wildman–Crippen LogP) is 3.56. The van der Waals surface area contributed by atoms with Crippen molar-refractivity contribution in [2.75, 3.05) is 16.6 Å². The molecule has 146 valence electrons. The van der Waals surface area contributed by atoms with Crippen LogP contribution in [0.4, 0.5) is 11.4 Å². The molecular weight excluding hydrogens is 409 g/mol. The Morgan fingerprint density at radius 2 is 1.96 bits per heavy atom. The summed E-state index contributed by atoms with van der Waals surface area (Å²) in [5.41, 5.74) is 1.40. The Morgan fingerprint density at radius 3 is 2.63 bits per heavy atom. The highest BCUT2D eigenvalue weighted by molar-refractivity contribution is 7.92. The highest BCUT2D eigenvalue weighted by Crippen LogP contribution is 2.24. The summed E-state index contributed by atoms with van der Waals surface area (Å²) in [6.45, 7) is 2.52. The number of halogens is 2. The molecule has 1 unspecified atom stereocenters. The van der Waals surface area contributed by atoms with Gasteiger partial charge in [-0.2, -0.15) is 0 Å². The average molecular weight is 430 g/mol. The van der Waals surface area contributed by atoms with E-state index in [1.165, 1.54) is 12.1 Å². The first-order chi connectivity index (χ1) is 12.3. The van der Waals surface area contributed by atoms with Crippen molar-refractivity contribution in [1.82, 2.24) is 5.32 Å². The third-order valence-electron chi connectivity index (χ3n) is 4.20. The van der Waals surface area contributed by atoms with E-state index in [1.807, 2.05) is 0 Å². The van der Waals surface area contributed by atoms with Gasteiger partial charge in [0, 0.05) is 10.7 Å². The second-order valence-corrected chi connectivity index (χ2v) is 8.32. The lowest BCUT2D eigenvalue weighted by atomic mass is 10.2. The van der Waals surface area contributed by atoms with E-state index in [-0.39, 0.29) is 29.3 Å². The van der Waals surface area contributed by atoms with Gasteiger partial charge >= 0.3 is 0 Å². The number of hydrogen-bond acceptors (Lipinski definition) is 4. The van der Waals surface area contributed by atoms with E-state index in [2.05, 4.69) is 15.4 Å². The lowest BCUT2D eigenvalue weighted by Crippen LogP contribution is -2.35. The fourth-order valence-corrected chi connectivity index (χ4v) is 4.38. The molecule has 2 aromatic rings. The van der Waals surface area contributed by atoms with Crippen LogP contribution in [-0.4, -0.2) is 26.9 Å². The van der Waals surface area contributed by atoms with Crippen molar-refractivity contribution >= 4 is 51.3 Å². The van der Waals surface area contributed by atoms with Gasteiger partial charge in [-0.05, 0) is 62.2 Å². The summed E-state index contributed by atoms with van der Waals surface area (Å²) in [6.07, 6.45) is 1.73. The quantitative estimate of drug-likeness (QED) is 0.677. The van der Waals surface area contributed by atoms with E-state index < -0.39 is 10.0 Å². The molecule has 1 saturated heterocycles. The molecule has 0 radical (unpaired) electrons. The monoisotopic (exact) mass is 429 g/mol. The standard InChI is InChI=1S/C18H20ClN3O3S.ClH/c1-12-7-8-14(21-18(23)16-6-3-9-20-16)11-17(12)26(24,25)22-15-5-2-4-13(19)10-15;/h2,4-5,7-8,10-11,16,20,22H,3,6,9H2,1H3,(H,21,23);1H. The van der Waals surface area contributed by atoms with Crippen LogP contribution >= 0.6 is 24.0 Å². The number of benzene rings is 2. The number of amides is 1. The summed E-state index contributed by atoms with van der Waals surface area (Å²) in [4.78, 5) is 12.3. The number of sulfonamides is 1. The molecule has 27 heavy (non-hydrogen) atoms. The van der Waals surface area contributed by atoms with E-state index in [9.17, 15) is 13.2 Å². The maximum atomic E-state index is 12.7. The third kappa shape index (κ3) is 5.35. The minimum absolute atomic E-state index is 0. The van der Waals surface area contributed by atoms with Gasteiger partial charge in [0.25, 0.3) is 10.0 Å². The maximum absolute atomic E-state index is 12.7. The van der Waals surface area contributed by atoms with Gasteiger partial charge in [-0.1, -0.05) is 23.7 Å². The van der Waals surface area contributed by atoms with Crippen molar-refractivity contribution in [3.8, 4) is 0 Å². The van der Waals surface area contributed by atoms with E-state index in [0.29, 0.717) is 22.0 Å². The molecule has 9 heteroatoms. The minimum atomic E-state index is -3.81. The fourth-order valence-electron chi connectivity index (χ4n) is 2.87. The molecule has 1 amide bonds. The third-order valence-corrected chi connectivity index (χ3v) is 5.96. The molecular formula is C18H21Cl2N3O3S. The molecule has 3 rings (SSSR count). The summed E-state index contributed by atoms with van der Waals surface area (Å²) >= 11 is 5.91. The van der Waals surface area contributed by atoms with Gasteiger partial charge < -0.3 is 10.6 Å². The lowest BCUT2D eigenvalue weighted by Gasteiger charge is -2.14. The topological polar surface area (TPSA) is 87.3 Å². The Bertz CT molecular complexity index is 929. The molecule has 0 bridgehead atoms. The molecule has 0 aromatic heterocycles. The Balaban J connectivity index is 0.00000261. The number of rotatable bonds is 5. The zero-order valence-electron chi connectivity index (χ0n) is 14.7. The van der Waals surface area contributed by atoms with Crippen molar-refractivity contribution in [2.24, 2.45) is 0 Å². The zero-order valence-corrected chi connectivity index (χ0v) is 17.0. The van der Waals surface area contributed by atoms with Crippen LogP contribution in [0.15, 0.2) is 47.4 Å². The van der Waals surface area contributed by atoms with E-state index in [4.69, 9.17) is 11.6 Å². The van der Waals surface area contributed by atoms with Crippen LogP contribution in [0.3, 0.4) is 0 Å². The van der Waals surface area contributed by atoms with Crippen LogP contribution in [0.5, 0.6) is 0 Å². The van der Waals surface area contributed by atoms with Gasteiger partial charge in [0.1, 0.15) is 0 Å². The van der Waals surface area contributed by atoms with Crippen LogP contribution in [-0.2, 0) is 14.8 Å². The first-order valence-electron chi connectivity index (χ1n) is 8.28. The first kappa shape index (κ1) is 21.5. The summed E-state index contributed by atoms with van der Waals surface area (Å²) < 4.78 is 28.0. The summed E-state index contributed by atoms with van der Waals surface area (Å²) in [5, 5.41) is 6.33. The van der Waals surface area contributed by atoms with Crippen LogP contribution < -0.4 is 15.4 Å². The van der Waals surface area contributed by atoms with Crippen molar-refractivity contribution < 1.29 is 13.2 Å². The molecule has 1 aliphatic rings. The Kier molecular flexibility index (Phi) is 7.11. The fraction of sp³-hybridized carbons (Fsp3) is 0.278. The molecule has 2 aromatic carbocycles. The Morgan fingerprint density at radius 1 is 1.19 bits per heavy atom. The second-order valence-electron chi connectivity index (χ2n) is 6.23. The Hall–Kier alpha value is -1.80. The number of hydrogen-bond donors (Lipinski definition) is 3. The molecule has 0 spiro atoms. The average Bonchev–Trinajstić information content (AvgIpc) is 3.10. The Labute approximate surface area is 170 Å². The molecule has 0 saturated carbocycles. The van der Waals surface area contributed by atoms with Gasteiger partial charge in [-0.15, -0.1) is 12.4 Å². The second kappa shape index (κ2) is 8.93. The number of anilines is 2. The van der Waals surface area contributed by atoms with Crippen LogP contribution in [0.25, 0.3) is 0 Å². The minimum Gasteiger partial charge on any atom is -0.325 e. The van der Waals surface area contributed by atoms with Gasteiger partial charge in [0.2, 0.25) is 5.91 Å². The number of carbonyl (C=O) groups is 1. The van der Waals surface area contributed by atoms with Crippen LogP contribution in [0.1, 0.15) is 18.4 Å². The van der Waals surface area contributed by atoms with Crippen molar-refractivity contribution in [2.45, 2.75) is 30.7 Å². The summed E-state index contributed by atoms with van der Waals surface area (Å²) in [5.74, 6) is -0.155. The van der Waals surface area contributed by atoms with Crippen molar-refractivity contribution in [3.63, 3.8) is 0 Å². The van der Waals surface area contributed by atoms with Crippen molar-refractivity contribution in [1.29, 1.82) is 0 Å². The van der Waals surface area contributed by atoms with E-state index >= 15 is 0 Å². The molecule has 6 nitrogen and oxygen atoms in total. The molecule has 1 fully saturated rings. The maximum Gasteiger partial charge on any atom is 0.262 e. The normalized spacial score (nSPS) is 16.4. The van der Waals surface area contributed by atoms with Crippen molar-refractivity contribution in [3.05, 3.63) is 53.1 Å². The van der Waals surface area contributed by atoms with E-state index in [0.717, 1.165) is 19.4 Å². The SMILES string of the molecule is Cc1ccc(NC(=O)C2CCCN2)cc1S(=O)(=O)Nc1cccc(Cl)c1.Cl. The van der Waals surface area contributed by atoms with Crippen LogP contribution in [0.2, 0.25) is 5.02 Å². The molecule has 3 N–H and O–H groups in total. The zero-order chi connectivity index (χ0) is 18.7. The number of carbonyl (C=O) groups excluding carboxylic acids is 1. The number of nitrogens with one attached hydrogen (secondary N) is 3. The molecule has 1 atom stereocenters. The predicted molar refractivity (Wildman–Crippen MR) is 110 cm³/mol. The van der Waals surface area contributed by atoms with Crippen LogP contribution in [0, 0.1) is 6.92 Å². The highest BCUT2D eigenvalue weighted by atomic mass is 35.5. The van der Waals surface area contributed by atoms with Gasteiger partial charge in [0.05, 0.1) is 16.6 Å². The van der Waals surface area contributed by atoms with E-state index in [1.54, 1.807) is 37.3 Å². The molecule has 1 heterocycles. The largest absolute Gasteiger partial charge is 0.325 e. The molecule has 1 aliphatic heterocycles. The molecule has 0 aliphatic carbocycles. The number of aryl methyl sites for hydroxylation is 1. The van der Waals surface area contributed by atoms with Gasteiger partial charge in [0.15, 0.2) is 0 Å². The van der Waals surface area contributed by atoms with Gasteiger partial charge in [-0.3, -0.25) is 9.52 Å². The highest BCUT2D eigenvalue weighted by Gasteiger charge is 2.23. The first-order valence-corrected chi connectivity index (χ1v) is 10.1. The summed E-state index contributed by atoms with van der Waals surface area (Å²) in [6, 6.07) is 11.1.